The van der Waals surface area contributed by atoms with Crippen molar-refractivity contribution >= 4 is 52.0 Å². The summed E-state index contributed by atoms with van der Waals surface area (Å²) >= 11 is 1.98. The highest BCUT2D eigenvalue weighted by Crippen LogP contribution is 2.35. The second-order valence-electron chi connectivity index (χ2n) is 6.08. The minimum Gasteiger partial charge on any atom is -0.490 e. The maximum atomic E-state index is 12.6. The molecule has 0 fully saturated rings. The molecule has 2 aromatic rings. The van der Waals surface area contributed by atoms with Crippen molar-refractivity contribution in [1.29, 1.82) is 5.26 Å². The molecule has 30 heavy (non-hydrogen) atoms. The van der Waals surface area contributed by atoms with Crippen molar-refractivity contribution < 1.29 is 23.9 Å². The maximum absolute atomic E-state index is 12.6. The number of carbonyl (C=O) groups excluding carboxylic acids is 3. The summed E-state index contributed by atoms with van der Waals surface area (Å²) in [5, 5.41) is 12.1. The third-order valence-corrected chi connectivity index (χ3v) is 4.61. The Morgan fingerprint density at radius 1 is 1.20 bits per heavy atom. The smallest absolute Gasteiger partial charge is 0.308 e. The molecule has 154 valence electrons. The molecule has 0 aliphatic carbocycles. The summed E-state index contributed by atoms with van der Waals surface area (Å²) in [5.74, 6) is -0.738. The Morgan fingerprint density at radius 3 is 2.50 bits per heavy atom. The molecule has 0 saturated heterocycles. The lowest BCUT2D eigenvalue weighted by Crippen LogP contribution is -2.15. The van der Waals surface area contributed by atoms with Crippen LogP contribution in [0.2, 0.25) is 0 Å². The van der Waals surface area contributed by atoms with Crippen LogP contribution in [0.1, 0.15) is 36.7 Å². The number of ketones is 1. The van der Waals surface area contributed by atoms with Crippen LogP contribution in [0.4, 0.5) is 5.69 Å². The van der Waals surface area contributed by atoms with Crippen molar-refractivity contribution in [3.63, 3.8) is 0 Å². The van der Waals surface area contributed by atoms with E-state index in [0.29, 0.717) is 32.7 Å². The van der Waals surface area contributed by atoms with E-state index in [1.54, 1.807) is 43.3 Å². The van der Waals surface area contributed by atoms with E-state index in [4.69, 9.17) is 9.47 Å². The largest absolute Gasteiger partial charge is 0.490 e. The third-order valence-electron chi connectivity index (χ3n) is 3.81. The number of hydrogen-bond acceptors (Lipinski definition) is 6. The van der Waals surface area contributed by atoms with Crippen molar-refractivity contribution in [3.8, 4) is 17.6 Å². The summed E-state index contributed by atoms with van der Waals surface area (Å²) in [6.07, 6.45) is 1.40. The standard InChI is InChI=1S/C22H19IN2O5/c1-4-29-20-11-15(10-18(23)21(20)30-14(3)27)9-16(12-24)22(28)25-19-8-6-5-7-17(19)13(2)26/h5-11H,4H2,1-3H3,(H,25,28)/b16-9-. The number of amides is 1. The van der Waals surface area contributed by atoms with Crippen LogP contribution >= 0.6 is 22.6 Å². The van der Waals surface area contributed by atoms with Gasteiger partial charge in [0.2, 0.25) is 0 Å². The molecule has 0 spiro atoms. The van der Waals surface area contributed by atoms with Gasteiger partial charge in [0.15, 0.2) is 17.3 Å². The van der Waals surface area contributed by atoms with Crippen molar-refractivity contribution in [3.05, 3.63) is 56.7 Å². The minimum atomic E-state index is -0.650. The zero-order chi connectivity index (χ0) is 22.3. The molecule has 0 aromatic heterocycles. The lowest BCUT2D eigenvalue weighted by molar-refractivity contribution is -0.132. The number of nitriles is 1. The Kier molecular flexibility index (Phi) is 8.12. The molecule has 7 nitrogen and oxygen atoms in total. The molecule has 1 amide bonds. The van der Waals surface area contributed by atoms with Crippen LogP contribution < -0.4 is 14.8 Å². The average molecular weight is 518 g/mol. The van der Waals surface area contributed by atoms with E-state index in [1.807, 2.05) is 28.7 Å². The second kappa shape index (κ2) is 10.5. The van der Waals surface area contributed by atoms with Crippen molar-refractivity contribution in [1.82, 2.24) is 0 Å². The van der Waals surface area contributed by atoms with E-state index >= 15 is 0 Å². The van der Waals surface area contributed by atoms with Crippen molar-refractivity contribution in [2.24, 2.45) is 0 Å². The van der Waals surface area contributed by atoms with Gasteiger partial charge in [-0.3, -0.25) is 14.4 Å². The summed E-state index contributed by atoms with van der Waals surface area (Å²) in [5.41, 5.74) is 1.03. The van der Waals surface area contributed by atoms with Gasteiger partial charge in [-0.15, -0.1) is 0 Å². The first kappa shape index (κ1) is 23.1. The summed E-state index contributed by atoms with van der Waals surface area (Å²) in [6, 6.07) is 11.7. The fourth-order valence-electron chi connectivity index (χ4n) is 2.58. The molecule has 8 heteroatoms. The van der Waals surface area contributed by atoms with Gasteiger partial charge in [-0.25, -0.2) is 0 Å². The molecule has 2 rings (SSSR count). The number of esters is 1. The Morgan fingerprint density at radius 2 is 1.90 bits per heavy atom. The number of para-hydroxylation sites is 1. The van der Waals surface area contributed by atoms with Gasteiger partial charge in [0.1, 0.15) is 11.6 Å². The van der Waals surface area contributed by atoms with E-state index in [0.717, 1.165) is 0 Å². The van der Waals surface area contributed by atoms with Crippen LogP contribution in [0.25, 0.3) is 6.08 Å². The molecule has 0 radical (unpaired) electrons. The lowest BCUT2D eigenvalue weighted by Gasteiger charge is -2.13. The van der Waals surface area contributed by atoms with Gasteiger partial charge >= 0.3 is 5.97 Å². The fourth-order valence-corrected chi connectivity index (χ4v) is 3.32. The first-order chi connectivity index (χ1) is 14.3. The van der Waals surface area contributed by atoms with Gasteiger partial charge in [-0.05, 0) is 72.3 Å². The average Bonchev–Trinajstić information content (AvgIpc) is 2.68. The second-order valence-corrected chi connectivity index (χ2v) is 7.24. The molecule has 2 aromatic carbocycles. The number of hydrogen-bond donors (Lipinski definition) is 1. The van der Waals surface area contributed by atoms with Crippen LogP contribution in [-0.4, -0.2) is 24.3 Å². The van der Waals surface area contributed by atoms with Gasteiger partial charge < -0.3 is 14.8 Å². The first-order valence-corrected chi connectivity index (χ1v) is 10.0. The quantitative estimate of drug-likeness (QED) is 0.146. The summed E-state index contributed by atoms with van der Waals surface area (Å²) < 4.78 is 11.3. The SMILES string of the molecule is CCOc1cc(/C=C(/C#N)C(=O)Nc2ccccc2C(C)=O)cc(I)c1OC(C)=O. The molecular formula is C22H19IN2O5. The number of anilines is 1. The molecular weight excluding hydrogens is 499 g/mol. The van der Waals surface area contributed by atoms with Crippen LogP contribution in [0.5, 0.6) is 11.5 Å². The van der Waals surface area contributed by atoms with Crippen LogP contribution in [-0.2, 0) is 9.59 Å². The number of ether oxygens (including phenoxy) is 2. The lowest BCUT2D eigenvalue weighted by atomic mass is 10.1. The molecule has 0 unspecified atom stereocenters. The monoisotopic (exact) mass is 518 g/mol. The number of Topliss-reactive ketones (excluding diaryl/α,β-unsaturated/α-hetero) is 1. The fraction of sp³-hybridized carbons (Fsp3) is 0.182. The number of carbonyl (C=O) groups is 3. The molecule has 0 saturated carbocycles. The maximum Gasteiger partial charge on any atom is 0.308 e. The Hall–Kier alpha value is -3.19. The van der Waals surface area contributed by atoms with Gasteiger partial charge in [0.25, 0.3) is 5.91 Å². The van der Waals surface area contributed by atoms with Crippen LogP contribution in [0, 0.1) is 14.9 Å². The predicted molar refractivity (Wildman–Crippen MR) is 120 cm³/mol. The Bertz CT molecular complexity index is 1070. The van der Waals surface area contributed by atoms with Crippen LogP contribution in [0.3, 0.4) is 0 Å². The van der Waals surface area contributed by atoms with Gasteiger partial charge in [-0.1, -0.05) is 12.1 Å². The van der Waals surface area contributed by atoms with E-state index in [9.17, 15) is 19.6 Å². The molecule has 0 bridgehead atoms. The van der Waals surface area contributed by atoms with Crippen LogP contribution in [0.15, 0.2) is 42.0 Å². The first-order valence-electron chi connectivity index (χ1n) is 8.94. The molecule has 0 heterocycles. The zero-order valence-corrected chi connectivity index (χ0v) is 18.8. The van der Waals surface area contributed by atoms with Gasteiger partial charge in [0.05, 0.1) is 15.9 Å². The molecule has 0 atom stereocenters. The minimum absolute atomic E-state index is 0.160. The van der Waals surface area contributed by atoms with Gasteiger partial charge in [-0.2, -0.15) is 5.26 Å². The highest BCUT2D eigenvalue weighted by atomic mass is 127. The molecule has 0 aliphatic rings. The Balaban J connectivity index is 2.40. The normalized spacial score (nSPS) is 10.7. The van der Waals surface area contributed by atoms with E-state index in [1.165, 1.54) is 19.9 Å². The number of halogens is 1. The number of nitrogens with one attached hydrogen (secondary N) is 1. The highest BCUT2D eigenvalue weighted by molar-refractivity contribution is 14.1. The van der Waals surface area contributed by atoms with E-state index < -0.39 is 11.9 Å². The summed E-state index contributed by atoms with van der Waals surface area (Å²) in [4.78, 5) is 35.7. The third kappa shape index (κ3) is 5.90. The zero-order valence-electron chi connectivity index (χ0n) is 16.6. The van der Waals surface area contributed by atoms with Crippen molar-refractivity contribution in [2.45, 2.75) is 20.8 Å². The predicted octanol–water partition coefficient (Wildman–Crippen LogP) is 4.36. The van der Waals surface area contributed by atoms with E-state index in [2.05, 4.69) is 5.32 Å². The highest BCUT2D eigenvalue weighted by Gasteiger charge is 2.17. The summed E-state index contributed by atoms with van der Waals surface area (Å²) in [7, 11) is 0. The number of nitrogens with zero attached hydrogens (tertiary/aromatic N) is 1. The number of benzene rings is 2. The Labute approximate surface area is 187 Å². The van der Waals surface area contributed by atoms with Crippen molar-refractivity contribution in [2.75, 3.05) is 11.9 Å². The van der Waals surface area contributed by atoms with E-state index in [-0.39, 0.29) is 17.1 Å². The topological polar surface area (TPSA) is 105 Å². The number of rotatable bonds is 7. The molecule has 1 N–H and O–H groups in total. The summed E-state index contributed by atoms with van der Waals surface area (Å²) in [6.45, 7) is 4.81. The molecule has 0 aliphatic heterocycles. The van der Waals surface area contributed by atoms with Gasteiger partial charge in [0, 0.05) is 12.5 Å².